The molecule has 1 aromatic carbocycles. The second kappa shape index (κ2) is 6.17. The number of hydrogen-bond donors (Lipinski definition) is 1. The Hall–Kier alpha value is -1.03. The molecule has 0 aliphatic rings. The Balaban J connectivity index is 2.29. The standard InChI is InChI=1S/C15H18Cl2N2O/c1-9(2)14-13(15(17)19(3)18-14)12(20)8-10-4-6-11(16)7-5-10/h4-7,9,12,20H,8H2,1-3H3. The highest BCUT2D eigenvalue weighted by Gasteiger charge is 2.23. The van der Waals surface area contributed by atoms with Gasteiger partial charge in [-0.25, -0.2) is 0 Å². The summed E-state index contributed by atoms with van der Waals surface area (Å²) in [5, 5.41) is 16.1. The van der Waals surface area contributed by atoms with E-state index >= 15 is 0 Å². The van der Waals surface area contributed by atoms with Gasteiger partial charge in [0.1, 0.15) is 5.15 Å². The zero-order valence-electron chi connectivity index (χ0n) is 11.8. The van der Waals surface area contributed by atoms with Crippen molar-refractivity contribution in [2.24, 2.45) is 7.05 Å². The molecule has 0 fully saturated rings. The predicted octanol–water partition coefficient (Wildman–Crippen LogP) is 4.13. The van der Waals surface area contributed by atoms with Crippen molar-refractivity contribution in [2.75, 3.05) is 0 Å². The summed E-state index contributed by atoms with van der Waals surface area (Å²) in [5.41, 5.74) is 2.58. The Kier molecular flexibility index (Phi) is 4.74. The molecule has 0 radical (unpaired) electrons. The van der Waals surface area contributed by atoms with Gasteiger partial charge in [0.2, 0.25) is 0 Å². The van der Waals surface area contributed by atoms with Gasteiger partial charge in [0, 0.05) is 24.1 Å². The summed E-state index contributed by atoms with van der Waals surface area (Å²) in [6.07, 6.45) is -0.183. The Morgan fingerprint density at radius 1 is 1.20 bits per heavy atom. The van der Waals surface area contributed by atoms with Crippen LogP contribution >= 0.6 is 23.2 Å². The maximum absolute atomic E-state index is 10.5. The summed E-state index contributed by atoms with van der Waals surface area (Å²) in [5.74, 6) is 0.212. The highest BCUT2D eigenvalue weighted by Crippen LogP contribution is 2.32. The molecule has 0 bridgehead atoms. The number of aromatic nitrogens is 2. The van der Waals surface area contributed by atoms with E-state index in [0.717, 1.165) is 16.8 Å². The minimum absolute atomic E-state index is 0.212. The zero-order valence-corrected chi connectivity index (χ0v) is 13.3. The fourth-order valence-electron chi connectivity index (χ4n) is 2.22. The lowest BCUT2D eigenvalue weighted by molar-refractivity contribution is 0.177. The van der Waals surface area contributed by atoms with Gasteiger partial charge in [-0.2, -0.15) is 5.10 Å². The number of aliphatic hydroxyl groups is 1. The fourth-order valence-corrected chi connectivity index (χ4v) is 2.61. The molecule has 1 N–H and O–H groups in total. The molecule has 1 aromatic heterocycles. The summed E-state index contributed by atoms with van der Waals surface area (Å²) >= 11 is 12.1. The lowest BCUT2D eigenvalue weighted by Gasteiger charge is -2.13. The Labute approximate surface area is 129 Å². The molecule has 0 saturated heterocycles. The molecule has 1 unspecified atom stereocenters. The van der Waals surface area contributed by atoms with Crippen LogP contribution in [-0.4, -0.2) is 14.9 Å². The molecule has 3 nitrogen and oxygen atoms in total. The van der Waals surface area contributed by atoms with E-state index in [1.807, 2.05) is 38.1 Å². The van der Waals surface area contributed by atoms with Crippen LogP contribution in [0.4, 0.5) is 0 Å². The molecule has 0 amide bonds. The van der Waals surface area contributed by atoms with Gasteiger partial charge in [-0.15, -0.1) is 0 Å². The molecule has 1 atom stereocenters. The van der Waals surface area contributed by atoms with E-state index in [2.05, 4.69) is 5.10 Å². The number of benzene rings is 1. The van der Waals surface area contributed by atoms with Crippen molar-refractivity contribution in [3.05, 3.63) is 51.3 Å². The van der Waals surface area contributed by atoms with Crippen molar-refractivity contribution in [1.82, 2.24) is 9.78 Å². The van der Waals surface area contributed by atoms with Gasteiger partial charge in [0.15, 0.2) is 0 Å². The van der Waals surface area contributed by atoms with Crippen molar-refractivity contribution in [3.8, 4) is 0 Å². The molecule has 0 spiro atoms. The molecule has 2 rings (SSSR count). The van der Waals surface area contributed by atoms with Crippen LogP contribution in [0.3, 0.4) is 0 Å². The fraction of sp³-hybridized carbons (Fsp3) is 0.400. The zero-order chi connectivity index (χ0) is 14.9. The number of halogens is 2. The van der Waals surface area contributed by atoms with Gasteiger partial charge in [-0.1, -0.05) is 49.2 Å². The third-order valence-corrected chi connectivity index (χ3v) is 3.96. The lowest BCUT2D eigenvalue weighted by Crippen LogP contribution is -2.05. The third-order valence-electron chi connectivity index (χ3n) is 3.26. The minimum atomic E-state index is -0.672. The van der Waals surface area contributed by atoms with Gasteiger partial charge in [0.25, 0.3) is 0 Å². The second-order valence-corrected chi connectivity index (χ2v) is 6.01. The van der Waals surface area contributed by atoms with Gasteiger partial charge < -0.3 is 5.11 Å². The normalized spacial score (nSPS) is 12.9. The maximum Gasteiger partial charge on any atom is 0.132 e. The molecule has 1 heterocycles. The van der Waals surface area contributed by atoms with Gasteiger partial charge in [-0.3, -0.25) is 4.68 Å². The first-order chi connectivity index (χ1) is 9.40. The van der Waals surface area contributed by atoms with Gasteiger partial charge >= 0.3 is 0 Å². The first-order valence-electron chi connectivity index (χ1n) is 6.55. The molecular formula is C15H18Cl2N2O. The molecule has 2 aromatic rings. The molecule has 20 heavy (non-hydrogen) atoms. The Morgan fingerprint density at radius 3 is 2.35 bits per heavy atom. The van der Waals surface area contributed by atoms with E-state index in [1.54, 1.807) is 11.7 Å². The smallest absolute Gasteiger partial charge is 0.132 e. The van der Waals surface area contributed by atoms with Crippen LogP contribution in [0.25, 0.3) is 0 Å². The highest BCUT2D eigenvalue weighted by molar-refractivity contribution is 6.30. The van der Waals surface area contributed by atoms with Crippen molar-refractivity contribution in [3.63, 3.8) is 0 Å². The van der Waals surface area contributed by atoms with Crippen LogP contribution in [0.1, 0.15) is 42.7 Å². The molecule has 5 heteroatoms. The average molecular weight is 313 g/mol. The Bertz CT molecular complexity index is 591. The predicted molar refractivity (Wildman–Crippen MR) is 82.4 cm³/mol. The van der Waals surface area contributed by atoms with Crippen molar-refractivity contribution in [1.29, 1.82) is 0 Å². The van der Waals surface area contributed by atoms with E-state index in [4.69, 9.17) is 23.2 Å². The van der Waals surface area contributed by atoms with Crippen LogP contribution in [0.2, 0.25) is 10.2 Å². The molecular weight excluding hydrogens is 295 g/mol. The summed E-state index contributed by atoms with van der Waals surface area (Å²) < 4.78 is 1.61. The number of nitrogens with zero attached hydrogens (tertiary/aromatic N) is 2. The summed E-state index contributed by atoms with van der Waals surface area (Å²) in [4.78, 5) is 0. The third kappa shape index (κ3) is 3.17. The quantitative estimate of drug-likeness (QED) is 0.922. The molecule has 0 saturated carbocycles. The van der Waals surface area contributed by atoms with Crippen molar-refractivity contribution in [2.45, 2.75) is 32.3 Å². The van der Waals surface area contributed by atoms with E-state index in [-0.39, 0.29) is 5.92 Å². The maximum atomic E-state index is 10.5. The van der Waals surface area contributed by atoms with Crippen LogP contribution in [0.5, 0.6) is 0 Å². The van der Waals surface area contributed by atoms with E-state index < -0.39 is 6.10 Å². The average Bonchev–Trinajstić information content (AvgIpc) is 2.69. The summed E-state index contributed by atoms with van der Waals surface area (Å²) in [6, 6.07) is 7.45. The monoisotopic (exact) mass is 312 g/mol. The summed E-state index contributed by atoms with van der Waals surface area (Å²) in [6.45, 7) is 4.08. The largest absolute Gasteiger partial charge is 0.388 e. The minimum Gasteiger partial charge on any atom is -0.388 e. The molecule has 108 valence electrons. The van der Waals surface area contributed by atoms with E-state index in [9.17, 15) is 5.11 Å². The number of rotatable bonds is 4. The Morgan fingerprint density at radius 2 is 1.80 bits per heavy atom. The summed E-state index contributed by atoms with van der Waals surface area (Å²) in [7, 11) is 1.78. The first kappa shape index (κ1) is 15.4. The number of hydrogen-bond acceptors (Lipinski definition) is 2. The van der Waals surface area contributed by atoms with Gasteiger partial charge in [-0.05, 0) is 23.6 Å². The SMILES string of the molecule is CC(C)c1nn(C)c(Cl)c1C(O)Cc1ccc(Cl)cc1. The van der Waals surface area contributed by atoms with E-state index in [0.29, 0.717) is 16.6 Å². The second-order valence-electron chi connectivity index (χ2n) is 5.21. The first-order valence-corrected chi connectivity index (χ1v) is 7.30. The van der Waals surface area contributed by atoms with Crippen LogP contribution in [0.15, 0.2) is 24.3 Å². The van der Waals surface area contributed by atoms with Crippen molar-refractivity contribution >= 4 is 23.2 Å². The molecule has 0 aliphatic heterocycles. The van der Waals surface area contributed by atoms with Crippen LogP contribution in [-0.2, 0) is 13.5 Å². The van der Waals surface area contributed by atoms with E-state index in [1.165, 1.54) is 0 Å². The topological polar surface area (TPSA) is 38.0 Å². The van der Waals surface area contributed by atoms with Gasteiger partial charge in [0.05, 0.1) is 11.8 Å². The lowest BCUT2D eigenvalue weighted by atomic mass is 9.97. The van der Waals surface area contributed by atoms with Crippen molar-refractivity contribution < 1.29 is 5.11 Å². The van der Waals surface area contributed by atoms with Crippen LogP contribution < -0.4 is 0 Å². The van der Waals surface area contributed by atoms with Crippen LogP contribution in [0, 0.1) is 0 Å². The number of aryl methyl sites for hydroxylation is 1. The number of aliphatic hydroxyl groups excluding tert-OH is 1. The molecule has 0 aliphatic carbocycles. The highest BCUT2D eigenvalue weighted by atomic mass is 35.5.